The molecule has 1 aromatic heterocycles. The van der Waals surface area contributed by atoms with Crippen LogP contribution < -0.4 is 4.74 Å². The highest BCUT2D eigenvalue weighted by Crippen LogP contribution is 2.37. The summed E-state index contributed by atoms with van der Waals surface area (Å²) in [6.07, 6.45) is -4.69. The van der Waals surface area contributed by atoms with Gasteiger partial charge in [-0.2, -0.15) is 13.2 Å². The van der Waals surface area contributed by atoms with Crippen LogP contribution in [-0.4, -0.2) is 16.1 Å². The van der Waals surface area contributed by atoms with Gasteiger partial charge in [0.25, 0.3) is 0 Å². The van der Waals surface area contributed by atoms with Crippen LogP contribution in [0.1, 0.15) is 26.6 Å². The minimum absolute atomic E-state index is 0.103. The number of ether oxygens (including phenoxy) is 1. The number of nitrogens with zero attached hydrogens (tertiary/aromatic N) is 1. The molecule has 2 aromatic rings. The minimum atomic E-state index is -4.69. The van der Waals surface area contributed by atoms with Gasteiger partial charge in [-0.05, 0) is 25.1 Å². The molecule has 1 heterocycles. The van der Waals surface area contributed by atoms with E-state index in [1.807, 2.05) is 0 Å². The first-order chi connectivity index (χ1) is 9.77. The van der Waals surface area contributed by atoms with E-state index < -0.39 is 29.0 Å². The summed E-state index contributed by atoms with van der Waals surface area (Å²) in [6, 6.07) is 2.64. The number of alkyl halides is 3. The smallest absolute Gasteiger partial charge is 0.419 e. The van der Waals surface area contributed by atoms with Crippen molar-refractivity contribution in [3.8, 4) is 5.75 Å². The number of aromatic carboxylic acids is 1. The Morgan fingerprint density at radius 1 is 1.43 bits per heavy atom. The van der Waals surface area contributed by atoms with Crippen molar-refractivity contribution in [2.24, 2.45) is 0 Å². The lowest BCUT2D eigenvalue weighted by molar-refractivity contribution is -0.139. The van der Waals surface area contributed by atoms with Crippen molar-refractivity contribution >= 4 is 17.3 Å². The third kappa shape index (κ3) is 3.72. The summed E-state index contributed by atoms with van der Waals surface area (Å²) < 4.78 is 43.9. The number of rotatable bonds is 4. The zero-order valence-electron chi connectivity index (χ0n) is 10.8. The summed E-state index contributed by atoms with van der Waals surface area (Å²) in [5.74, 6) is -1.84. The van der Waals surface area contributed by atoms with Crippen LogP contribution in [0.15, 0.2) is 23.6 Å². The second kappa shape index (κ2) is 5.72. The van der Waals surface area contributed by atoms with E-state index in [0.717, 1.165) is 17.8 Å². The molecule has 0 unspecified atom stereocenters. The van der Waals surface area contributed by atoms with E-state index in [-0.39, 0.29) is 6.61 Å². The molecular weight excluding hydrogens is 307 g/mol. The molecule has 0 amide bonds. The SMILES string of the molecule is Cc1csc(COc2ccc(C(=O)O)cc2C(F)(F)F)n1. The fraction of sp³-hybridized carbons (Fsp3) is 0.231. The summed E-state index contributed by atoms with van der Waals surface area (Å²) in [7, 11) is 0. The monoisotopic (exact) mass is 317 g/mol. The topological polar surface area (TPSA) is 59.4 Å². The molecule has 0 radical (unpaired) electrons. The van der Waals surface area contributed by atoms with Gasteiger partial charge in [0.2, 0.25) is 0 Å². The lowest BCUT2D eigenvalue weighted by Crippen LogP contribution is -2.11. The van der Waals surface area contributed by atoms with Crippen LogP contribution in [0, 0.1) is 6.92 Å². The number of benzene rings is 1. The van der Waals surface area contributed by atoms with Crippen LogP contribution in [-0.2, 0) is 12.8 Å². The molecule has 0 spiro atoms. The Hall–Kier alpha value is -2.09. The average molecular weight is 317 g/mol. The first-order valence-corrected chi connectivity index (χ1v) is 6.63. The van der Waals surface area contributed by atoms with E-state index in [1.165, 1.54) is 11.3 Å². The Kier molecular flexibility index (Phi) is 4.17. The summed E-state index contributed by atoms with van der Waals surface area (Å²) in [6.45, 7) is 1.66. The van der Waals surface area contributed by atoms with Gasteiger partial charge in [-0.1, -0.05) is 0 Å². The predicted octanol–water partition coefficient (Wildman–Crippen LogP) is 3.75. The zero-order chi connectivity index (χ0) is 15.6. The molecule has 0 aliphatic heterocycles. The highest BCUT2D eigenvalue weighted by molar-refractivity contribution is 7.09. The number of halogens is 3. The maximum absolute atomic E-state index is 12.9. The van der Waals surface area contributed by atoms with Crippen molar-refractivity contribution in [1.82, 2.24) is 4.98 Å². The molecule has 0 bridgehead atoms. The van der Waals surface area contributed by atoms with Gasteiger partial charge >= 0.3 is 12.1 Å². The van der Waals surface area contributed by atoms with E-state index in [4.69, 9.17) is 9.84 Å². The molecular formula is C13H10F3NO3S. The molecule has 1 N–H and O–H groups in total. The van der Waals surface area contributed by atoms with E-state index >= 15 is 0 Å². The van der Waals surface area contributed by atoms with Crippen molar-refractivity contribution in [2.75, 3.05) is 0 Å². The van der Waals surface area contributed by atoms with Gasteiger partial charge in [-0.3, -0.25) is 0 Å². The number of aromatic nitrogens is 1. The molecule has 0 aliphatic carbocycles. The number of aryl methyl sites for hydroxylation is 1. The highest BCUT2D eigenvalue weighted by atomic mass is 32.1. The first-order valence-electron chi connectivity index (χ1n) is 5.75. The fourth-order valence-corrected chi connectivity index (χ4v) is 2.30. The summed E-state index contributed by atoms with van der Waals surface area (Å²) >= 11 is 1.28. The number of hydrogen-bond acceptors (Lipinski definition) is 4. The van der Waals surface area contributed by atoms with E-state index in [9.17, 15) is 18.0 Å². The Balaban J connectivity index is 2.27. The van der Waals surface area contributed by atoms with Gasteiger partial charge in [0, 0.05) is 11.1 Å². The number of carboxylic acid groups (broad SMARTS) is 1. The van der Waals surface area contributed by atoms with Crippen molar-refractivity contribution in [1.29, 1.82) is 0 Å². The molecule has 0 saturated carbocycles. The van der Waals surface area contributed by atoms with Gasteiger partial charge in [0.1, 0.15) is 17.4 Å². The molecule has 0 fully saturated rings. The highest BCUT2D eigenvalue weighted by Gasteiger charge is 2.35. The quantitative estimate of drug-likeness (QED) is 0.933. The number of thiazole rings is 1. The largest absolute Gasteiger partial charge is 0.486 e. The average Bonchev–Trinajstić information content (AvgIpc) is 2.81. The fourth-order valence-electron chi connectivity index (χ4n) is 1.62. The van der Waals surface area contributed by atoms with E-state index in [2.05, 4.69) is 4.98 Å². The molecule has 2 rings (SSSR count). The van der Waals surface area contributed by atoms with Gasteiger partial charge in [-0.25, -0.2) is 9.78 Å². The number of hydrogen-bond donors (Lipinski definition) is 1. The third-order valence-electron chi connectivity index (χ3n) is 2.55. The van der Waals surface area contributed by atoms with Crippen molar-refractivity contribution in [3.05, 3.63) is 45.4 Å². The molecule has 0 aliphatic rings. The van der Waals surface area contributed by atoms with Crippen LogP contribution >= 0.6 is 11.3 Å². The zero-order valence-corrected chi connectivity index (χ0v) is 11.6. The van der Waals surface area contributed by atoms with Crippen LogP contribution in [0.25, 0.3) is 0 Å². The second-order valence-electron chi connectivity index (χ2n) is 4.19. The summed E-state index contributed by atoms with van der Waals surface area (Å²) in [4.78, 5) is 14.8. The molecule has 4 nitrogen and oxygen atoms in total. The van der Waals surface area contributed by atoms with Gasteiger partial charge in [-0.15, -0.1) is 11.3 Å². The second-order valence-corrected chi connectivity index (χ2v) is 5.13. The van der Waals surface area contributed by atoms with Crippen molar-refractivity contribution in [3.63, 3.8) is 0 Å². The van der Waals surface area contributed by atoms with E-state index in [1.54, 1.807) is 12.3 Å². The van der Waals surface area contributed by atoms with Gasteiger partial charge in [0.05, 0.1) is 11.1 Å². The third-order valence-corrected chi connectivity index (χ3v) is 3.49. The molecule has 21 heavy (non-hydrogen) atoms. The summed E-state index contributed by atoms with van der Waals surface area (Å²) in [5, 5.41) is 11.1. The van der Waals surface area contributed by atoms with Crippen molar-refractivity contribution in [2.45, 2.75) is 19.7 Å². The lowest BCUT2D eigenvalue weighted by Gasteiger charge is -2.14. The lowest BCUT2D eigenvalue weighted by atomic mass is 10.1. The van der Waals surface area contributed by atoms with Crippen molar-refractivity contribution < 1.29 is 27.8 Å². The number of carboxylic acids is 1. The Morgan fingerprint density at radius 2 is 2.14 bits per heavy atom. The minimum Gasteiger partial charge on any atom is -0.486 e. The molecule has 8 heteroatoms. The van der Waals surface area contributed by atoms with Gasteiger partial charge in [0.15, 0.2) is 0 Å². The van der Waals surface area contributed by atoms with Crippen LogP contribution in [0.2, 0.25) is 0 Å². The van der Waals surface area contributed by atoms with E-state index in [0.29, 0.717) is 11.1 Å². The normalized spacial score (nSPS) is 11.4. The number of carbonyl (C=O) groups is 1. The predicted molar refractivity (Wildman–Crippen MR) is 69.6 cm³/mol. The van der Waals surface area contributed by atoms with Gasteiger partial charge < -0.3 is 9.84 Å². The standard InChI is InChI=1S/C13H10F3NO3S/c1-7-6-21-11(17-7)5-20-10-3-2-8(12(18)19)4-9(10)13(14,15)16/h2-4,6H,5H2,1H3,(H,18,19). The van der Waals surface area contributed by atoms with Crippen LogP contribution in [0.3, 0.4) is 0 Å². The van der Waals surface area contributed by atoms with Crippen LogP contribution in [0.4, 0.5) is 13.2 Å². The Morgan fingerprint density at radius 3 is 2.67 bits per heavy atom. The first kappa shape index (κ1) is 15.3. The Bertz CT molecular complexity index is 667. The maximum Gasteiger partial charge on any atom is 0.419 e. The maximum atomic E-state index is 12.9. The Labute approximate surface area is 121 Å². The molecule has 1 aromatic carbocycles. The molecule has 0 saturated heterocycles. The van der Waals surface area contributed by atoms with Crippen LogP contribution in [0.5, 0.6) is 5.75 Å². The molecule has 112 valence electrons. The summed E-state index contributed by atoms with van der Waals surface area (Å²) in [5.41, 5.74) is -0.800. The molecule has 0 atom stereocenters.